The summed E-state index contributed by atoms with van der Waals surface area (Å²) >= 11 is 1.57. The number of carboxylic acids is 1. The zero-order valence-electron chi connectivity index (χ0n) is 11.7. The van der Waals surface area contributed by atoms with E-state index in [1.165, 1.54) is 0 Å². The van der Waals surface area contributed by atoms with Crippen LogP contribution in [0.2, 0.25) is 0 Å². The van der Waals surface area contributed by atoms with Crippen molar-refractivity contribution in [1.82, 2.24) is 15.5 Å². The van der Waals surface area contributed by atoms with Crippen molar-refractivity contribution in [3.05, 3.63) is 35.3 Å². The minimum atomic E-state index is -0.706. The Labute approximate surface area is 127 Å². The molecular weight excluding hydrogens is 286 g/mol. The Bertz CT molecular complexity index is 635. The first kappa shape index (κ1) is 14.2. The first-order valence-corrected chi connectivity index (χ1v) is 7.73. The minimum absolute atomic E-state index is 0.259. The Morgan fingerprint density at radius 2 is 2.10 bits per heavy atom. The number of nitrogens with one attached hydrogen (secondary N) is 1. The molecular formula is C15H17N3O2S. The number of hydrogen-bond acceptors (Lipinski definition) is 5. The topological polar surface area (TPSA) is 75.1 Å². The van der Waals surface area contributed by atoms with Gasteiger partial charge in [0.25, 0.3) is 0 Å². The van der Waals surface area contributed by atoms with Crippen molar-refractivity contribution >= 4 is 17.3 Å². The Morgan fingerprint density at radius 3 is 2.76 bits per heavy atom. The second-order valence-electron chi connectivity index (χ2n) is 5.72. The van der Waals surface area contributed by atoms with Crippen LogP contribution in [0.5, 0.6) is 0 Å². The van der Waals surface area contributed by atoms with E-state index in [2.05, 4.69) is 15.5 Å². The first-order valence-electron chi connectivity index (χ1n) is 6.91. The van der Waals surface area contributed by atoms with Crippen LogP contribution < -0.4 is 5.32 Å². The number of benzene rings is 1. The molecule has 1 aliphatic carbocycles. The average molecular weight is 303 g/mol. The quantitative estimate of drug-likeness (QED) is 0.888. The number of nitrogens with zero attached hydrogens (tertiary/aromatic N) is 2. The fourth-order valence-electron chi connectivity index (χ4n) is 2.60. The molecule has 110 valence electrons. The maximum Gasteiger partial charge on any atom is 0.309 e. The van der Waals surface area contributed by atoms with E-state index in [-0.39, 0.29) is 6.04 Å². The highest BCUT2D eigenvalue weighted by Gasteiger charge is 2.46. The molecule has 21 heavy (non-hydrogen) atoms. The van der Waals surface area contributed by atoms with Gasteiger partial charge in [0, 0.05) is 18.2 Å². The molecule has 1 heterocycles. The summed E-state index contributed by atoms with van der Waals surface area (Å²) in [6.07, 6.45) is 1.35. The fourth-order valence-corrected chi connectivity index (χ4v) is 3.40. The van der Waals surface area contributed by atoms with Crippen molar-refractivity contribution in [3.8, 4) is 10.6 Å². The molecule has 1 aromatic heterocycles. The summed E-state index contributed by atoms with van der Waals surface area (Å²) in [4.78, 5) is 11.0. The summed E-state index contributed by atoms with van der Waals surface area (Å²) < 4.78 is 0. The van der Waals surface area contributed by atoms with Gasteiger partial charge in [-0.3, -0.25) is 4.79 Å². The van der Waals surface area contributed by atoms with E-state index in [1.54, 1.807) is 18.3 Å². The van der Waals surface area contributed by atoms with Gasteiger partial charge in [-0.2, -0.15) is 0 Å². The lowest BCUT2D eigenvalue weighted by Crippen LogP contribution is -2.51. The molecule has 1 aromatic carbocycles. The monoisotopic (exact) mass is 303 g/mol. The molecule has 2 N–H and O–H groups in total. The van der Waals surface area contributed by atoms with Crippen LogP contribution in [0.3, 0.4) is 0 Å². The van der Waals surface area contributed by atoms with Crippen LogP contribution in [-0.4, -0.2) is 27.3 Å². The van der Waals surface area contributed by atoms with Gasteiger partial charge >= 0.3 is 5.97 Å². The molecule has 1 fully saturated rings. The van der Waals surface area contributed by atoms with Crippen LogP contribution in [0.25, 0.3) is 10.6 Å². The summed E-state index contributed by atoms with van der Waals surface area (Å²) in [7, 11) is 0. The highest BCUT2D eigenvalue weighted by atomic mass is 32.1. The van der Waals surface area contributed by atoms with Crippen LogP contribution in [0, 0.1) is 5.41 Å². The zero-order valence-corrected chi connectivity index (χ0v) is 12.6. The van der Waals surface area contributed by atoms with E-state index in [4.69, 9.17) is 5.11 Å². The van der Waals surface area contributed by atoms with Gasteiger partial charge in [0.15, 0.2) is 0 Å². The summed E-state index contributed by atoms with van der Waals surface area (Å²) in [5.74, 6) is -0.706. The smallest absolute Gasteiger partial charge is 0.309 e. The highest BCUT2D eigenvalue weighted by molar-refractivity contribution is 7.14. The van der Waals surface area contributed by atoms with E-state index in [1.807, 2.05) is 30.3 Å². The van der Waals surface area contributed by atoms with Gasteiger partial charge in [-0.25, -0.2) is 0 Å². The van der Waals surface area contributed by atoms with Crippen molar-refractivity contribution in [1.29, 1.82) is 0 Å². The van der Waals surface area contributed by atoms with Crippen LogP contribution in [-0.2, 0) is 11.3 Å². The predicted octanol–water partition coefficient (Wildman–Crippen LogP) is 2.55. The van der Waals surface area contributed by atoms with Gasteiger partial charge in [-0.15, -0.1) is 10.2 Å². The molecule has 3 rings (SSSR count). The van der Waals surface area contributed by atoms with Gasteiger partial charge in [0.1, 0.15) is 10.0 Å². The molecule has 0 spiro atoms. The zero-order chi connectivity index (χ0) is 14.9. The molecule has 0 atom stereocenters. The van der Waals surface area contributed by atoms with E-state index in [0.29, 0.717) is 19.4 Å². The third kappa shape index (κ3) is 2.96. The largest absolute Gasteiger partial charge is 0.481 e. The molecule has 6 heteroatoms. The average Bonchev–Trinajstić information content (AvgIpc) is 2.92. The van der Waals surface area contributed by atoms with E-state index in [0.717, 1.165) is 15.6 Å². The fraction of sp³-hybridized carbons (Fsp3) is 0.400. The van der Waals surface area contributed by atoms with Gasteiger partial charge in [0.2, 0.25) is 0 Å². The number of carboxylic acid groups (broad SMARTS) is 1. The van der Waals surface area contributed by atoms with Crippen molar-refractivity contribution in [2.45, 2.75) is 32.4 Å². The summed E-state index contributed by atoms with van der Waals surface area (Å²) in [6.45, 7) is 2.44. The standard InChI is InChI=1S/C15H17N3O2S/c1-15(14(19)20)7-11(8-15)16-9-12-17-18-13(21-12)10-5-3-2-4-6-10/h2-6,11,16H,7-9H2,1H3,(H,19,20). The maximum absolute atomic E-state index is 11.0. The van der Waals surface area contributed by atoms with Gasteiger partial charge in [0.05, 0.1) is 5.41 Å². The van der Waals surface area contributed by atoms with Crippen LogP contribution in [0.4, 0.5) is 0 Å². The van der Waals surface area contributed by atoms with Crippen molar-refractivity contribution < 1.29 is 9.90 Å². The van der Waals surface area contributed by atoms with Crippen molar-refractivity contribution in [3.63, 3.8) is 0 Å². The molecule has 5 nitrogen and oxygen atoms in total. The summed E-state index contributed by atoms with van der Waals surface area (Å²) in [5, 5.41) is 22.7. The summed E-state index contributed by atoms with van der Waals surface area (Å²) in [6, 6.07) is 10.2. The number of hydrogen-bond donors (Lipinski definition) is 2. The maximum atomic E-state index is 11.0. The highest BCUT2D eigenvalue weighted by Crippen LogP contribution is 2.41. The lowest BCUT2D eigenvalue weighted by molar-refractivity contribution is -0.154. The second-order valence-corrected chi connectivity index (χ2v) is 6.78. The lowest BCUT2D eigenvalue weighted by atomic mass is 9.67. The SMILES string of the molecule is CC1(C(=O)O)CC(NCc2nnc(-c3ccccc3)s2)C1. The number of aliphatic carboxylic acids is 1. The Morgan fingerprint density at radius 1 is 1.38 bits per heavy atom. The normalized spacial score (nSPS) is 24.5. The molecule has 0 aliphatic heterocycles. The molecule has 0 saturated heterocycles. The Balaban J connectivity index is 1.54. The molecule has 2 aromatic rings. The Hall–Kier alpha value is -1.79. The van der Waals surface area contributed by atoms with E-state index in [9.17, 15) is 4.79 Å². The van der Waals surface area contributed by atoms with E-state index < -0.39 is 11.4 Å². The van der Waals surface area contributed by atoms with Gasteiger partial charge in [-0.1, -0.05) is 41.7 Å². The molecule has 0 radical (unpaired) electrons. The van der Waals surface area contributed by atoms with Crippen LogP contribution in [0.1, 0.15) is 24.8 Å². The minimum Gasteiger partial charge on any atom is -0.481 e. The van der Waals surface area contributed by atoms with Crippen LogP contribution >= 0.6 is 11.3 Å². The third-order valence-electron chi connectivity index (χ3n) is 3.94. The van der Waals surface area contributed by atoms with Crippen molar-refractivity contribution in [2.75, 3.05) is 0 Å². The molecule has 1 aliphatic rings. The molecule has 0 unspecified atom stereocenters. The number of carbonyl (C=O) groups is 1. The molecule has 0 bridgehead atoms. The van der Waals surface area contributed by atoms with Gasteiger partial charge in [-0.05, 0) is 19.8 Å². The third-order valence-corrected chi connectivity index (χ3v) is 4.91. The molecule has 0 amide bonds. The first-order chi connectivity index (χ1) is 10.1. The number of aromatic nitrogens is 2. The predicted molar refractivity (Wildman–Crippen MR) is 80.9 cm³/mol. The van der Waals surface area contributed by atoms with Crippen molar-refractivity contribution in [2.24, 2.45) is 5.41 Å². The van der Waals surface area contributed by atoms with Gasteiger partial charge < -0.3 is 10.4 Å². The Kier molecular flexibility index (Phi) is 3.73. The van der Waals surface area contributed by atoms with Crippen LogP contribution in [0.15, 0.2) is 30.3 Å². The lowest BCUT2D eigenvalue weighted by Gasteiger charge is -2.42. The van der Waals surface area contributed by atoms with E-state index >= 15 is 0 Å². The number of rotatable bonds is 5. The summed E-state index contributed by atoms with van der Waals surface area (Å²) in [5.41, 5.74) is 0.511. The molecule has 1 saturated carbocycles. The second kappa shape index (κ2) is 5.54.